The average molecular weight is 397 g/mol. The van der Waals surface area contributed by atoms with Gasteiger partial charge in [0.1, 0.15) is 0 Å². The van der Waals surface area contributed by atoms with Gasteiger partial charge in [0, 0.05) is 6.54 Å². The zero-order valence-corrected chi connectivity index (χ0v) is 16.0. The Kier molecular flexibility index (Phi) is 8.53. The predicted molar refractivity (Wildman–Crippen MR) is 96.3 cm³/mol. The molecule has 1 rings (SSSR count). The number of carbonyl (C=O) groups excluding carboxylic acids is 4. The van der Waals surface area contributed by atoms with Crippen molar-refractivity contribution in [2.75, 3.05) is 27.4 Å². The SMILES string of the molecule is CCNC(=O)NC(=O)C(C)OC(=O)c1cc(OC)c(OCC(N)=O)c(OC)c1. The molecule has 0 aliphatic carbocycles. The standard InChI is InChI=1S/C17H23N3O8/c1-5-19-17(24)20-15(22)9(2)28-16(23)10-6-11(25-3)14(12(7-10)26-4)27-8-13(18)21/h6-7,9H,5,8H2,1-4H3,(H2,18,21)(H2,19,20,22,24). The van der Waals surface area contributed by atoms with E-state index in [4.69, 9.17) is 24.7 Å². The number of hydrogen-bond acceptors (Lipinski definition) is 8. The topological polar surface area (TPSA) is 155 Å². The molecule has 1 aromatic rings. The van der Waals surface area contributed by atoms with Crippen molar-refractivity contribution in [3.63, 3.8) is 0 Å². The fraction of sp³-hybridized carbons (Fsp3) is 0.412. The van der Waals surface area contributed by atoms with Crippen LogP contribution in [0, 0.1) is 0 Å². The van der Waals surface area contributed by atoms with Gasteiger partial charge in [0.25, 0.3) is 11.8 Å². The highest BCUT2D eigenvalue weighted by atomic mass is 16.6. The van der Waals surface area contributed by atoms with Crippen LogP contribution in [0.3, 0.4) is 0 Å². The zero-order chi connectivity index (χ0) is 21.3. The second-order valence-electron chi connectivity index (χ2n) is 5.36. The number of nitrogens with one attached hydrogen (secondary N) is 2. The van der Waals surface area contributed by atoms with E-state index >= 15 is 0 Å². The van der Waals surface area contributed by atoms with Crippen LogP contribution in [0.5, 0.6) is 17.2 Å². The molecule has 28 heavy (non-hydrogen) atoms. The fourth-order valence-corrected chi connectivity index (χ4v) is 1.98. The number of esters is 1. The van der Waals surface area contributed by atoms with Crippen molar-refractivity contribution in [3.8, 4) is 17.2 Å². The largest absolute Gasteiger partial charge is 0.493 e. The number of hydrogen-bond donors (Lipinski definition) is 3. The van der Waals surface area contributed by atoms with Crippen molar-refractivity contribution < 1.29 is 38.1 Å². The van der Waals surface area contributed by atoms with Gasteiger partial charge in [-0.3, -0.25) is 14.9 Å². The fourth-order valence-electron chi connectivity index (χ4n) is 1.98. The van der Waals surface area contributed by atoms with Gasteiger partial charge in [-0.05, 0) is 26.0 Å². The van der Waals surface area contributed by atoms with Crippen molar-refractivity contribution in [1.29, 1.82) is 0 Å². The van der Waals surface area contributed by atoms with Crippen LogP contribution >= 0.6 is 0 Å². The van der Waals surface area contributed by atoms with Gasteiger partial charge in [-0.25, -0.2) is 9.59 Å². The number of nitrogens with two attached hydrogens (primary N) is 1. The van der Waals surface area contributed by atoms with E-state index in [0.717, 1.165) is 0 Å². The zero-order valence-electron chi connectivity index (χ0n) is 16.0. The van der Waals surface area contributed by atoms with Crippen molar-refractivity contribution in [2.45, 2.75) is 20.0 Å². The van der Waals surface area contributed by atoms with Gasteiger partial charge in [-0.15, -0.1) is 0 Å². The Morgan fingerprint density at radius 2 is 1.68 bits per heavy atom. The third-order valence-corrected chi connectivity index (χ3v) is 3.28. The summed E-state index contributed by atoms with van der Waals surface area (Å²) in [6.45, 7) is 2.90. The molecule has 0 fully saturated rings. The maximum absolute atomic E-state index is 12.4. The lowest BCUT2D eigenvalue weighted by Gasteiger charge is -2.16. The molecular formula is C17H23N3O8. The summed E-state index contributed by atoms with van der Waals surface area (Å²) in [5, 5.41) is 4.42. The monoisotopic (exact) mass is 397 g/mol. The number of rotatable bonds is 9. The Morgan fingerprint density at radius 1 is 1.11 bits per heavy atom. The van der Waals surface area contributed by atoms with Crippen molar-refractivity contribution in [3.05, 3.63) is 17.7 Å². The minimum atomic E-state index is -1.24. The summed E-state index contributed by atoms with van der Waals surface area (Å²) in [6, 6.07) is 1.88. The predicted octanol–water partition coefficient (Wildman–Crippen LogP) is -0.0411. The Bertz CT molecular complexity index is 725. The molecule has 0 radical (unpaired) electrons. The van der Waals surface area contributed by atoms with Crippen LogP contribution in [0.1, 0.15) is 24.2 Å². The second-order valence-corrected chi connectivity index (χ2v) is 5.36. The summed E-state index contributed by atoms with van der Waals surface area (Å²) >= 11 is 0. The molecular weight excluding hydrogens is 374 g/mol. The number of primary amides is 1. The number of urea groups is 1. The average Bonchev–Trinajstić information content (AvgIpc) is 2.65. The number of imide groups is 1. The van der Waals surface area contributed by atoms with E-state index in [1.165, 1.54) is 33.3 Å². The summed E-state index contributed by atoms with van der Waals surface area (Å²) in [4.78, 5) is 46.5. The lowest BCUT2D eigenvalue weighted by molar-refractivity contribution is -0.128. The summed E-state index contributed by atoms with van der Waals surface area (Å²) in [7, 11) is 2.65. The van der Waals surface area contributed by atoms with Crippen molar-refractivity contribution in [2.24, 2.45) is 5.73 Å². The van der Waals surface area contributed by atoms with E-state index in [-0.39, 0.29) is 22.8 Å². The second kappa shape index (κ2) is 10.6. The molecule has 0 heterocycles. The van der Waals surface area contributed by atoms with Gasteiger partial charge in [0.15, 0.2) is 24.2 Å². The van der Waals surface area contributed by atoms with E-state index in [2.05, 4.69) is 5.32 Å². The molecule has 154 valence electrons. The van der Waals surface area contributed by atoms with Crippen LogP contribution in [-0.2, 0) is 14.3 Å². The molecule has 4 N–H and O–H groups in total. The van der Waals surface area contributed by atoms with Crippen LogP contribution in [-0.4, -0.2) is 57.3 Å². The van der Waals surface area contributed by atoms with Crippen LogP contribution < -0.4 is 30.6 Å². The maximum Gasteiger partial charge on any atom is 0.339 e. The minimum Gasteiger partial charge on any atom is -0.493 e. The summed E-state index contributed by atoms with van der Waals surface area (Å²) < 4.78 is 20.6. The molecule has 0 saturated carbocycles. The summed E-state index contributed by atoms with van der Waals surface area (Å²) in [6.07, 6.45) is -1.24. The number of carbonyl (C=O) groups is 4. The van der Waals surface area contributed by atoms with Gasteiger partial charge < -0.3 is 30.0 Å². The summed E-state index contributed by atoms with van der Waals surface area (Å²) in [5.74, 6) is -2.11. The molecule has 0 bridgehead atoms. The summed E-state index contributed by atoms with van der Waals surface area (Å²) in [5.41, 5.74) is 5.05. The van der Waals surface area contributed by atoms with E-state index in [0.29, 0.717) is 6.54 Å². The quantitative estimate of drug-likeness (QED) is 0.490. The van der Waals surface area contributed by atoms with Crippen LogP contribution in [0.25, 0.3) is 0 Å². The van der Waals surface area contributed by atoms with E-state index < -0.39 is 36.5 Å². The Morgan fingerprint density at radius 3 is 2.14 bits per heavy atom. The molecule has 1 atom stereocenters. The highest BCUT2D eigenvalue weighted by Gasteiger charge is 2.23. The third kappa shape index (κ3) is 6.34. The third-order valence-electron chi connectivity index (χ3n) is 3.28. The number of amides is 4. The number of methoxy groups -OCH3 is 2. The first kappa shape index (κ1) is 22.5. The molecule has 1 aromatic carbocycles. The first-order valence-electron chi connectivity index (χ1n) is 8.20. The molecule has 4 amide bonds. The van der Waals surface area contributed by atoms with E-state index in [9.17, 15) is 19.2 Å². The minimum absolute atomic E-state index is 0.00205. The highest BCUT2D eigenvalue weighted by molar-refractivity contribution is 5.98. The van der Waals surface area contributed by atoms with E-state index in [1.807, 2.05) is 5.32 Å². The number of ether oxygens (including phenoxy) is 4. The highest BCUT2D eigenvalue weighted by Crippen LogP contribution is 2.38. The lowest BCUT2D eigenvalue weighted by Crippen LogP contribution is -2.44. The molecule has 0 aromatic heterocycles. The molecule has 0 spiro atoms. The van der Waals surface area contributed by atoms with E-state index in [1.54, 1.807) is 6.92 Å². The molecule has 1 unspecified atom stereocenters. The normalized spacial score (nSPS) is 11.0. The molecule has 0 aliphatic rings. The van der Waals surface area contributed by atoms with Crippen LogP contribution in [0.2, 0.25) is 0 Å². The van der Waals surface area contributed by atoms with Gasteiger partial charge in [0.05, 0.1) is 19.8 Å². The Labute approximate surface area is 161 Å². The van der Waals surface area contributed by atoms with Crippen LogP contribution in [0.4, 0.5) is 4.79 Å². The molecule has 0 saturated heterocycles. The molecule has 11 nitrogen and oxygen atoms in total. The molecule has 0 aliphatic heterocycles. The molecule has 11 heteroatoms. The Hall–Kier alpha value is -3.50. The van der Waals surface area contributed by atoms with Gasteiger partial charge in [-0.1, -0.05) is 0 Å². The Balaban J connectivity index is 2.96. The van der Waals surface area contributed by atoms with Crippen molar-refractivity contribution in [1.82, 2.24) is 10.6 Å². The first-order valence-corrected chi connectivity index (χ1v) is 8.20. The number of benzene rings is 1. The van der Waals surface area contributed by atoms with Gasteiger partial charge >= 0.3 is 12.0 Å². The van der Waals surface area contributed by atoms with Crippen LogP contribution in [0.15, 0.2) is 12.1 Å². The van der Waals surface area contributed by atoms with Gasteiger partial charge in [0.2, 0.25) is 5.75 Å². The smallest absolute Gasteiger partial charge is 0.339 e. The lowest BCUT2D eigenvalue weighted by atomic mass is 10.2. The van der Waals surface area contributed by atoms with Crippen molar-refractivity contribution >= 4 is 23.8 Å². The van der Waals surface area contributed by atoms with Gasteiger partial charge in [-0.2, -0.15) is 0 Å². The first-order chi connectivity index (χ1) is 13.2. The maximum atomic E-state index is 12.4.